The highest BCUT2D eigenvalue weighted by atomic mass is 32.2. The topological polar surface area (TPSA) is 113 Å². The standard InChI is InChI=1S/C16H22N2O6S/c1-18(25(22,23)13-7-3-2-4-8-13)10-14(19)17-15(16(20)21)12-6-5-9-24-11-12/h2-4,7-8,12,15H,5-6,9-11H2,1H3,(H,17,19)(H,20,21). The van der Waals surface area contributed by atoms with E-state index in [1.165, 1.54) is 19.2 Å². The van der Waals surface area contributed by atoms with Crippen molar-refractivity contribution >= 4 is 21.9 Å². The number of nitrogens with one attached hydrogen (secondary N) is 1. The zero-order valence-corrected chi connectivity index (χ0v) is 14.7. The zero-order valence-electron chi connectivity index (χ0n) is 13.9. The van der Waals surface area contributed by atoms with Crippen molar-refractivity contribution in [1.82, 2.24) is 9.62 Å². The van der Waals surface area contributed by atoms with E-state index in [2.05, 4.69) is 5.32 Å². The van der Waals surface area contributed by atoms with Gasteiger partial charge >= 0.3 is 5.97 Å². The summed E-state index contributed by atoms with van der Waals surface area (Å²) >= 11 is 0. The molecule has 25 heavy (non-hydrogen) atoms. The van der Waals surface area contributed by atoms with E-state index in [0.717, 1.165) is 10.7 Å². The van der Waals surface area contributed by atoms with Crippen LogP contribution >= 0.6 is 0 Å². The molecule has 0 aliphatic carbocycles. The van der Waals surface area contributed by atoms with Gasteiger partial charge in [-0.15, -0.1) is 0 Å². The van der Waals surface area contributed by atoms with Crippen molar-refractivity contribution in [2.24, 2.45) is 5.92 Å². The number of ether oxygens (including phenoxy) is 1. The summed E-state index contributed by atoms with van der Waals surface area (Å²) in [5.74, 6) is -2.15. The molecule has 8 nitrogen and oxygen atoms in total. The molecule has 1 heterocycles. The maximum Gasteiger partial charge on any atom is 0.326 e. The lowest BCUT2D eigenvalue weighted by atomic mass is 9.93. The Bertz CT molecular complexity index is 701. The van der Waals surface area contributed by atoms with Crippen LogP contribution < -0.4 is 5.32 Å². The summed E-state index contributed by atoms with van der Waals surface area (Å²) in [4.78, 5) is 23.7. The minimum absolute atomic E-state index is 0.0702. The molecule has 0 saturated carbocycles. The molecule has 2 atom stereocenters. The summed E-state index contributed by atoms with van der Waals surface area (Å²) in [6.45, 7) is 0.374. The van der Waals surface area contributed by atoms with Crippen molar-refractivity contribution in [3.8, 4) is 0 Å². The molecular formula is C16H22N2O6S. The Hall–Kier alpha value is -1.97. The number of hydrogen-bond donors (Lipinski definition) is 2. The fourth-order valence-corrected chi connectivity index (χ4v) is 3.84. The predicted molar refractivity (Wildman–Crippen MR) is 89.4 cm³/mol. The van der Waals surface area contributed by atoms with Gasteiger partial charge in [-0.3, -0.25) is 4.79 Å². The summed E-state index contributed by atoms with van der Waals surface area (Å²) in [6.07, 6.45) is 1.36. The molecule has 0 bridgehead atoms. The van der Waals surface area contributed by atoms with Crippen molar-refractivity contribution in [3.63, 3.8) is 0 Å². The minimum atomic E-state index is -3.81. The number of likely N-dealkylation sites (N-methyl/N-ethyl adjacent to an activating group) is 1. The van der Waals surface area contributed by atoms with Gasteiger partial charge < -0.3 is 15.2 Å². The molecule has 1 amide bonds. The number of carboxylic acid groups (broad SMARTS) is 1. The quantitative estimate of drug-likeness (QED) is 0.714. The Kier molecular flexibility index (Phi) is 6.51. The van der Waals surface area contributed by atoms with Gasteiger partial charge in [0.1, 0.15) is 6.04 Å². The maximum atomic E-state index is 12.4. The van der Waals surface area contributed by atoms with Gasteiger partial charge in [0.05, 0.1) is 18.0 Å². The molecule has 9 heteroatoms. The SMILES string of the molecule is CN(CC(=O)NC(C(=O)O)C1CCCOC1)S(=O)(=O)c1ccccc1. The second kappa shape index (κ2) is 8.41. The minimum Gasteiger partial charge on any atom is -0.480 e. The monoisotopic (exact) mass is 370 g/mol. The molecule has 2 N–H and O–H groups in total. The highest BCUT2D eigenvalue weighted by Crippen LogP contribution is 2.18. The first kappa shape index (κ1) is 19.4. The van der Waals surface area contributed by atoms with Crippen LogP contribution in [0.25, 0.3) is 0 Å². The number of aliphatic carboxylic acids is 1. The van der Waals surface area contributed by atoms with E-state index in [-0.39, 0.29) is 17.4 Å². The van der Waals surface area contributed by atoms with Crippen molar-refractivity contribution in [2.75, 3.05) is 26.8 Å². The Morgan fingerprint density at radius 1 is 1.36 bits per heavy atom. The summed E-state index contributed by atoms with van der Waals surface area (Å²) in [7, 11) is -2.54. The smallest absolute Gasteiger partial charge is 0.326 e. The average molecular weight is 370 g/mol. The van der Waals surface area contributed by atoms with E-state index in [1.54, 1.807) is 18.2 Å². The molecule has 0 radical (unpaired) electrons. The molecule has 1 aromatic carbocycles. The van der Waals surface area contributed by atoms with Crippen molar-refractivity contribution < 1.29 is 27.9 Å². The van der Waals surface area contributed by atoms with Crippen LogP contribution in [-0.2, 0) is 24.3 Å². The Morgan fingerprint density at radius 3 is 2.60 bits per heavy atom. The van der Waals surface area contributed by atoms with E-state index in [1.807, 2.05) is 0 Å². The maximum absolute atomic E-state index is 12.4. The van der Waals surface area contributed by atoms with Crippen LogP contribution in [0.3, 0.4) is 0 Å². The average Bonchev–Trinajstić information content (AvgIpc) is 2.60. The largest absolute Gasteiger partial charge is 0.480 e. The van der Waals surface area contributed by atoms with E-state index < -0.39 is 34.5 Å². The van der Waals surface area contributed by atoms with Crippen molar-refractivity contribution in [1.29, 1.82) is 0 Å². The van der Waals surface area contributed by atoms with Crippen LogP contribution in [0.4, 0.5) is 0 Å². The van der Waals surface area contributed by atoms with Gasteiger partial charge in [0.25, 0.3) is 0 Å². The molecule has 1 aliphatic heterocycles. The number of carbonyl (C=O) groups excluding carboxylic acids is 1. The Labute approximate surface area is 146 Å². The van der Waals surface area contributed by atoms with Gasteiger partial charge in [-0.05, 0) is 25.0 Å². The second-order valence-electron chi connectivity index (χ2n) is 5.93. The highest BCUT2D eigenvalue weighted by Gasteiger charge is 2.32. The summed E-state index contributed by atoms with van der Waals surface area (Å²) in [5, 5.41) is 11.8. The lowest BCUT2D eigenvalue weighted by Gasteiger charge is -2.28. The lowest BCUT2D eigenvalue weighted by Crippen LogP contribution is -2.51. The summed E-state index contributed by atoms with van der Waals surface area (Å²) in [5.41, 5.74) is 0. The summed E-state index contributed by atoms with van der Waals surface area (Å²) < 4.78 is 31.0. The number of benzene rings is 1. The van der Waals surface area contributed by atoms with Gasteiger partial charge in [0.15, 0.2) is 0 Å². The van der Waals surface area contributed by atoms with Gasteiger partial charge in [-0.1, -0.05) is 18.2 Å². The van der Waals surface area contributed by atoms with Gasteiger partial charge in [-0.2, -0.15) is 4.31 Å². The number of carbonyl (C=O) groups is 2. The summed E-state index contributed by atoms with van der Waals surface area (Å²) in [6, 6.07) is 6.64. The molecule has 2 rings (SSSR count). The normalized spacial score (nSPS) is 19.4. The Morgan fingerprint density at radius 2 is 2.04 bits per heavy atom. The number of sulfonamides is 1. The van der Waals surface area contributed by atoms with Crippen LogP contribution in [0, 0.1) is 5.92 Å². The van der Waals surface area contributed by atoms with Crippen LogP contribution in [0.5, 0.6) is 0 Å². The third kappa shape index (κ3) is 5.00. The molecule has 1 aromatic rings. The molecule has 2 unspecified atom stereocenters. The highest BCUT2D eigenvalue weighted by molar-refractivity contribution is 7.89. The third-order valence-electron chi connectivity index (χ3n) is 4.07. The first-order chi connectivity index (χ1) is 11.8. The third-order valence-corrected chi connectivity index (χ3v) is 5.88. The van der Waals surface area contributed by atoms with E-state index in [0.29, 0.717) is 13.0 Å². The zero-order chi connectivity index (χ0) is 18.4. The van der Waals surface area contributed by atoms with Gasteiger partial charge in [-0.25, -0.2) is 13.2 Å². The molecule has 1 fully saturated rings. The van der Waals surface area contributed by atoms with Crippen LogP contribution in [0.15, 0.2) is 35.2 Å². The van der Waals surface area contributed by atoms with Crippen molar-refractivity contribution in [2.45, 2.75) is 23.8 Å². The van der Waals surface area contributed by atoms with Gasteiger partial charge in [0, 0.05) is 19.6 Å². The number of carboxylic acids is 1. The number of hydrogen-bond acceptors (Lipinski definition) is 5. The van der Waals surface area contributed by atoms with Gasteiger partial charge in [0.2, 0.25) is 15.9 Å². The van der Waals surface area contributed by atoms with Crippen LogP contribution in [0.1, 0.15) is 12.8 Å². The molecule has 1 aliphatic rings. The lowest BCUT2D eigenvalue weighted by molar-refractivity contribution is -0.145. The first-order valence-corrected chi connectivity index (χ1v) is 9.37. The Balaban J connectivity index is 2.01. The fraction of sp³-hybridized carbons (Fsp3) is 0.500. The van der Waals surface area contributed by atoms with E-state index in [9.17, 15) is 23.1 Å². The molecule has 138 valence electrons. The van der Waals surface area contributed by atoms with E-state index >= 15 is 0 Å². The van der Waals surface area contributed by atoms with Crippen LogP contribution in [0.2, 0.25) is 0 Å². The first-order valence-electron chi connectivity index (χ1n) is 7.93. The molecule has 0 spiro atoms. The number of nitrogens with zero attached hydrogens (tertiary/aromatic N) is 1. The second-order valence-corrected chi connectivity index (χ2v) is 7.98. The van der Waals surface area contributed by atoms with Crippen LogP contribution in [-0.4, -0.2) is 62.6 Å². The molecular weight excluding hydrogens is 348 g/mol. The van der Waals surface area contributed by atoms with Crippen molar-refractivity contribution in [3.05, 3.63) is 30.3 Å². The fourth-order valence-electron chi connectivity index (χ4n) is 2.69. The number of amides is 1. The van der Waals surface area contributed by atoms with E-state index in [4.69, 9.17) is 4.74 Å². The predicted octanol–water partition coefficient (Wildman–Crippen LogP) is 0.303. The number of rotatable bonds is 7. The molecule has 1 saturated heterocycles. The molecule has 0 aromatic heterocycles.